The highest BCUT2D eigenvalue weighted by molar-refractivity contribution is 5.72. The number of rotatable bonds is 8. The third kappa shape index (κ3) is 5.72. The van der Waals surface area contributed by atoms with E-state index >= 15 is 0 Å². The normalized spacial score (nSPS) is 23.7. The summed E-state index contributed by atoms with van der Waals surface area (Å²) in [5, 5.41) is 2.79. The van der Waals surface area contributed by atoms with Crippen molar-refractivity contribution in [3.63, 3.8) is 0 Å². The van der Waals surface area contributed by atoms with Crippen LogP contribution in [-0.2, 0) is 14.3 Å². The lowest BCUT2D eigenvalue weighted by Gasteiger charge is -2.30. The molecule has 138 valence electrons. The van der Waals surface area contributed by atoms with E-state index in [-0.39, 0.29) is 18.1 Å². The molecule has 0 atom stereocenters. The molecule has 1 N–H and O–H groups in total. The molecule has 1 saturated heterocycles. The molecule has 1 saturated carbocycles. The average Bonchev–Trinajstić information content (AvgIpc) is 2.58. The van der Waals surface area contributed by atoms with Crippen molar-refractivity contribution in [1.29, 1.82) is 0 Å². The van der Waals surface area contributed by atoms with Gasteiger partial charge in [0.2, 0.25) is 5.91 Å². The molecule has 2 fully saturated rings. The van der Waals surface area contributed by atoms with Crippen LogP contribution in [0.3, 0.4) is 0 Å². The Kier molecular flexibility index (Phi) is 6.70. The molecule has 5 heteroatoms. The number of carbonyl (C=O) groups is 1. The van der Waals surface area contributed by atoms with E-state index in [1.54, 1.807) is 0 Å². The highest BCUT2D eigenvalue weighted by Crippen LogP contribution is 2.29. The fraction of sp³-hybridized carbons (Fsp3) is 0.650. The lowest BCUT2D eigenvalue weighted by atomic mass is 9.86. The van der Waals surface area contributed by atoms with E-state index in [0.717, 1.165) is 31.1 Å². The summed E-state index contributed by atoms with van der Waals surface area (Å²) in [5.74, 6) is 1.94. The number of ether oxygens (including phenoxy) is 3. The summed E-state index contributed by atoms with van der Waals surface area (Å²) >= 11 is 0. The van der Waals surface area contributed by atoms with Gasteiger partial charge in [-0.15, -0.1) is 0 Å². The Labute approximate surface area is 150 Å². The smallest absolute Gasteiger partial charge is 0.216 e. The van der Waals surface area contributed by atoms with Crippen LogP contribution in [0.2, 0.25) is 0 Å². The lowest BCUT2D eigenvalue weighted by molar-refractivity contribution is -0.190. The Morgan fingerprint density at radius 2 is 2.08 bits per heavy atom. The predicted octanol–water partition coefficient (Wildman–Crippen LogP) is 3.24. The standard InChI is InChI=1S/C20H29NO4/c1-15(22)21-10-4-9-20-24-13-18(14-25-20)17-7-3-8-19(11-17)23-12-16-5-2-6-16/h3,7-8,11,16,18,20H,2,4-6,9-10,12-14H2,1H3,(H,21,22). The lowest BCUT2D eigenvalue weighted by Crippen LogP contribution is -2.31. The largest absolute Gasteiger partial charge is 0.493 e. The molecule has 1 aromatic rings. The number of amides is 1. The van der Waals surface area contributed by atoms with Gasteiger partial charge in [-0.1, -0.05) is 18.6 Å². The number of hydrogen-bond donors (Lipinski definition) is 1. The number of carbonyl (C=O) groups excluding carboxylic acids is 1. The molecular weight excluding hydrogens is 318 g/mol. The average molecular weight is 347 g/mol. The summed E-state index contributed by atoms with van der Waals surface area (Å²) in [7, 11) is 0. The van der Waals surface area contributed by atoms with E-state index in [1.165, 1.54) is 31.7 Å². The van der Waals surface area contributed by atoms with Gasteiger partial charge >= 0.3 is 0 Å². The first-order chi connectivity index (χ1) is 12.2. The zero-order chi connectivity index (χ0) is 17.5. The number of benzene rings is 1. The zero-order valence-electron chi connectivity index (χ0n) is 15.0. The number of hydrogen-bond acceptors (Lipinski definition) is 4. The molecule has 1 amide bonds. The molecule has 0 unspecified atom stereocenters. The first-order valence-corrected chi connectivity index (χ1v) is 9.41. The molecule has 0 spiro atoms. The van der Waals surface area contributed by atoms with Crippen LogP contribution in [0.25, 0.3) is 0 Å². The van der Waals surface area contributed by atoms with Gasteiger partial charge in [0, 0.05) is 25.8 Å². The minimum Gasteiger partial charge on any atom is -0.493 e. The van der Waals surface area contributed by atoms with Gasteiger partial charge in [0.25, 0.3) is 0 Å². The van der Waals surface area contributed by atoms with Crippen LogP contribution in [0.15, 0.2) is 24.3 Å². The summed E-state index contributed by atoms with van der Waals surface area (Å²) in [4.78, 5) is 10.8. The Bertz CT molecular complexity index is 550. The van der Waals surface area contributed by atoms with Crippen LogP contribution in [-0.4, -0.2) is 38.6 Å². The first kappa shape index (κ1) is 18.2. The van der Waals surface area contributed by atoms with Gasteiger partial charge in [-0.05, 0) is 42.9 Å². The van der Waals surface area contributed by atoms with Gasteiger partial charge in [-0.25, -0.2) is 0 Å². The predicted molar refractivity (Wildman–Crippen MR) is 95.6 cm³/mol. The SMILES string of the molecule is CC(=O)NCCCC1OCC(c2cccc(OCC3CCC3)c2)CO1. The van der Waals surface area contributed by atoms with Crippen LogP contribution >= 0.6 is 0 Å². The van der Waals surface area contributed by atoms with Crippen molar-refractivity contribution in [2.24, 2.45) is 5.92 Å². The Morgan fingerprint density at radius 1 is 1.28 bits per heavy atom. The molecule has 25 heavy (non-hydrogen) atoms. The van der Waals surface area contributed by atoms with Crippen molar-refractivity contribution in [1.82, 2.24) is 5.32 Å². The zero-order valence-corrected chi connectivity index (χ0v) is 15.0. The summed E-state index contributed by atoms with van der Waals surface area (Å²) in [6.45, 7) is 4.36. The van der Waals surface area contributed by atoms with Crippen LogP contribution in [0.5, 0.6) is 5.75 Å². The maximum Gasteiger partial charge on any atom is 0.216 e. The third-order valence-corrected chi connectivity index (χ3v) is 5.00. The van der Waals surface area contributed by atoms with E-state index in [0.29, 0.717) is 19.8 Å². The van der Waals surface area contributed by atoms with Gasteiger partial charge in [0.15, 0.2) is 6.29 Å². The minimum atomic E-state index is -0.164. The van der Waals surface area contributed by atoms with Gasteiger partial charge in [-0.3, -0.25) is 4.79 Å². The summed E-state index contributed by atoms with van der Waals surface area (Å²) < 4.78 is 17.6. The van der Waals surface area contributed by atoms with Crippen molar-refractivity contribution >= 4 is 5.91 Å². The Hall–Kier alpha value is -1.59. The fourth-order valence-electron chi connectivity index (χ4n) is 3.17. The van der Waals surface area contributed by atoms with Gasteiger partial charge in [0.1, 0.15) is 5.75 Å². The second kappa shape index (κ2) is 9.20. The van der Waals surface area contributed by atoms with Crippen molar-refractivity contribution in [3.8, 4) is 5.75 Å². The third-order valence-electron chi connectivity index (χ3n) is 5.00. The van der Waals surface area contributed by atoms with Crippen molar-refractivity contribution in [2.75, 3.05) is 26.4 Å². The molecular formula is C20H29NO4. The van der Waals surface area contributed by atoms with Crippen LogP contribution < -0.4 is 10.1 Å². The van der Waals surface area contributed by atoms with E-state index in [9.17, 15) is 4.79 Å². The molecule has 0 bridgehead atoms. The topological polar surface area (TPSA) is 56.8 Å². The minimum absolute atomic E-state index is 0.00459. The molecule has 1 aliphatic carbocycles. The Morgan fingerprint density at radius 3 is 2.76 bits per heavy atom. The van der Waals surface area contributed by atoms with E-state index in [4.69, 9.17) is 14.2 Å². The number of nitrogens with one attached hydrogen (secondary N) is 1. The van der Waals surface area contributed by atoms with E-state index in [2.05, 4.69) is 17.4 Å². The van der Waals surface area contributed by atoms with Crippen molar-refractivity contribution in [3.05, 3.63) is 29.8 Å². The van der Waals surface area contributed by atoms with Gasteiger partial charge in [-0.2, -0.15) is 0 Å². The van der Waals surface area contributed by atoms with Gasteiger partial charge < -0.3 is 19.5 Å². The van der Waals surface area contributed by atoms with Crippen molar-refractivity contribution in [2.45, 2.75) is 51.2 Å². The van der Waals surface area contributed by atoms with Crippen LogP contribution in [0.4, 0.5) is 0 Å². The Balaban J connectivity index is 1.40. The molecule has 0 aromatic heterocycles. The highest BCUT2D eigenvalue weighted by atomic mass is 16.7. The summed E-state index contributed by atoms with van der Waals surface area (Å²) in [5.41, 5.74) is 1.21. The maximum atomic E-state index is 10.8. The van der Waals surface area contributed by atoms with Gasteiger partial charge in [0.05, 0.1) is 19.8 Å². The molecule has 0 radical (unpaired) electrons. The summed E-state index contributed by atoms with van der Waals surface area (Å²) in [6, 6.07) is 8.31. The van der Waals surface area contributed by atoms with Crippen molar-refractivity contribution < 1.29 is 19.0 Å². The fourth-order valence-corrected chi connectivity index (χ4v) is 3.17. The molecule has 1 aliphatic heterocycles. The van der Waals surface area contributed by atoms with E-state index in [1.807, 2.05) is 12.1 Å². The first-order valence-electron chi connectivity index (χ1n) is 9.41. The highest BCUT2D eigenvalue weighted by Gasteiger charge is 2.24. The molecule has 1 aromatic carbocycles. The quantitative estimate of drug-likeness (QED) is 0.734. The second-order valence-corrected chi connectivity index (χ2v) is 7.10. The van der Waals surface area contributed by atoms with Crippen LogP contribution in [0, 0.1) is 5.92 Å². The summed E-state index contributed by atoms with van der Waals surface area (Å²) in [6.07, 6.45) is 5.44. The molecule has 2 aliphatic rings. The molecule has 3 rings (SSSR count). The molecule has 5 nitrogen and oxygen atoms in total. The maximum absolute atomic E-state index is 10.8. The second-order valence-electron chi connectivity index (χ2n) is 7.10. The van der Waals surface area contributed by atoms with Crippen LogP contribution in [0.1, 0.15) is 50.5 Å². The van der Waals surface area contributed by atoms with E-state index < -0.39 is 0 Å². The monoisotopic (exact) mass is 347 g/mol. The molecule has 1 heterocycles.